The van der Waals surface area contributed by atoms with Gasteiger partial charge in [-0.1, -0.05) is 54.6 Å². The molecule has 0 fully saturated rings. The number of hydrogen-bond donors (Lipinski definition) is 0. The van der Waals surface area contributed by atoms with Gasteiger partial charge in [-0.2, -0.15) is 0 Å². The summed E-state index contributed by atoms with van der Waals surface area (Å²) in [6, 6.07) is 20.8. The van der Waals surface area contributed by atoms with Crippen LogP contribution >= 0.6 is 0 Å². The summed E-state index contributed by atoms with van der Waals surface area (Å²) in [4.78, 5) is 0.495. The highest BCUT2D eigenvalue weighted by Gasteiger charge is 2.06. The third kappa shape index (κ3) is 3.52. The van der Waals surface area contributed by atoms with Gasteiger partial charge in [0.25, 0.3) is 0 Å². The lowest BCUT2D eigenvalue weighted by Crippen LogP contribution is -1.92. The third-order valence-corrected chi connectivity index (χ3v) is 5.01. The molecule has 0 heterocycles. The predicted molar refractivity (Wildman–Crippen MR) is 91.7 cm³/mol. The van der Waals surface area contributed by atoms with Crippen molar-refractivity contribution in [1.82, 2.24) is 0 Å². The van der Waals surface area contributed by atoms with Crippen LogP contribution in [0.5, 0.6) is 0 Å². The molecule has 0 saturated carbocycles. The molecule has 24 heavy (non-hydrogen) atoms. The Kier molecular flexibility index (Phi) is 5.01. The van der Waals surface area contributed by atoms with Gasteiger partial charge in [-0.15, -0.1) is 0 Å². The summed E-state index contributed by atoms with van der Waals surface area (Å²) in [6.45, 7) is 0. The van der Waals surface area contributed by atoms with Gasteiger partial charge in [0, 0.05) is 9.79 Å². The van der Waals surface area contributed by atoms with Crippen molar-refractivity contribution in [2.75, 3.05) is 0 Å². The minimum Gasteiger partial charge on any atom is -0.768 e. The predicted octanol–water partition coefficient (Wildman–Crippen LogP) is 3.50. The average Bonchev–Trinajstić information content (AvgIpc) is 2.62. The molecule has 3 rings (SSSR count). The van der Waals surface area contributed by atoms with Crippen molar-refractivity contribution in [3.63, 3.8) is 0 Å². The quantitative estimate of drug-likeness (QED) is 0.670. The summed E-state index contributed by atoms with van der Waals surface area (Å²) in [6.07, 6.45) is 0. The minimum atomic E-state index is -2.30. The molecule has 0 spiro atoms. The van der Waals surface area contributed by atoms with Crippen molar-refractivity contribution < 1.29 is 17.5 Å². The molecular weight excluding hydrogens is 344 g/mol. The first-order chi connectivity index (χ1) is 11.6. The second kappa shape index (κ2) is 7.19. The largest absolute Gasteiger partial charge is 0.768 e. The fourth-order valence-electron chi connectivity index (χ4n) is 2.45. The summed E-state index contributed by atoms with van der Waals surface area (Å²) in [5.41, 5.74) is 3.25. The SMILES string of the molecule is O=S([O-])c1ccc(-c2ccc(-c3ccccc3S(=O)[O-])cc2)cc1. The molecule has 3 aromatic rings. The van der Waals surface area contributed by atoms with Crippen LogP contribution in [0.3, 0.4) is 0 Å². The number of rotatable bonds is 4. The van der Waals surface area contributed by atoms with Crippen molar-refractivity contribution in [2.24, 2.45) is 0 Å². The molecule has 0 aliphatic heterocycles. The van der Waals surface area contributed by atoms with Gasteiger partial charge in [0.05, 0.1) is 0 Å². The molecule has 0 aliphatic rings. The lowest BCUT2D eigenvalue weighted by atomic mass is 10.0. The summed E-state index contributed by atoms with van der Waals surface area (Å²) in [5, 5.41) is 0. The maximum absolute atomic E-state index is 11.3. The Morgan fingerprint density at radius 1 is 0.583 bits per heavy atom. The van der Waals surface area contributed by atoms with Crippen LogP contribution < -0.4 is 0 Å². The van der Waals surface area contributed by atoms with Crippen LogP contribution in [0, 0.1) is 0 Å². The first kappa shape index (κ1) is 16.7. The second-order valence-corrected chi connectivity index (χ2v) is 6.92. The monoisotopic (exact) mass is 356 g/mol. The molecule has 4 nitrogen and oxygen atoms in total. The zero-order valence-corrected chi connectivity index (χ0v) is 14.0. The Hall–Kier alpha value is -2.12. The molecule has 0 saturated heterocycles. The summed E-state index contributed by atoms with van der Waals surface area (Å²) in [5.74, 6) is 0. The smallest absolute Gasteiger partial charge is 0.0327 e. The van der Waals surface area contributed by atoms with E-state index in [4.69, 9.17) is 0 Å². The first-order valence-corrected chi connectivity index (χ1v) is 9.19. The summed E-state index contributed by atoms with van der Waals surface area (Å²) >= 11 is -4.54. The molecule has 2 atom stereocenters. The summed E-state index contributed by atoms with van der Waals surface area (Å²) in [7, 11) is 0. The van der Waals surface area contributed by atoms with Gasteiger partial charge in [-0.25, -0.2) is 0 Å². The fraction of sp³-hybridized carbons (Fsp3) is 0. The standard InChI is InChI=1S/C18H14O4S2/c19-23(20)16-11-9-14(10-12-16)13-5-7-15(8-6-13)17-3-1-2-4-18(17)24(21)22/h1-12H,(H,19,20)(H,21,22)/p-2. The molecule has 122 valence electrons. The van der Waals surface area contributed by atoms with Crippen molar-refractivity contribution >= 4 is 22.2 Å². The lowest BCUT2D eigenvalue weighted by Gasteiger charge is -2.12. The maximum atomic E-state index is 11.3. The van der Waals surface area contributed by atoms with E-state index in [0.717, 1.165) is 16.7 Å². The Morgan fingerprint density at radius 3 is 1.62 bits per heavy atom. The summed E-state index contributed by atoms with van der Waals surface area (Å²) < 4.78 is 44.4. The molecule has 0 aliphatic carbocycles. The van der Waals surface area contributed by atoms with Crippen molar-refractivity contribution in [3.8, 4) is 22.3 Å². The Bertz CT molecular complexity index is 903. The molecule has 0 bridgehead atoms. The molecule has 2 unspecified atom stereocenters. The van der Waals surface area contributed by atoms with Crippen LogP contribution in [0.2, 0.25) is 0 Å². The van der Waals surface area contributed by atoms with Crippen LogP contribution in [0.4, 0.5) is 0 Å². The number of hydrogen-bond acceptors (Lipinski definition) is 4. The van der Waals surface area contributed by atoms with E-state index in [1.807, 2.05) is 24.3 Å². The molecule has 3 aromatic carbocycles. The fourth-order valence-corrected chi connectivity index (χ4v) is 3.36. The number of benzene rings is 3. The average molecular weight is 356 g/mol. The van der Waals surface area contributed by atoms with Crippen LogP contribution in [-0.4, -0.2) is 17.5 Å². The van der Waals surface area contributed by atoms with Crippen molar-refractivity contribution in [3.05, 3.63) is 72.8 Å². The van der Waals surface area contributed by atoms with E-state index in [9.17, 15) is 17.5 Å². The van der Waals surface area contributed by atoms with E-state index in [2.05, 4.69) is 0 Å². The van der Waals surface area contributed by atoms with Gasteiger partial charge in [0.2, 0.25) is 0 Å². The van der Waals surface area contributed by atoms with Gasteiger partial charge < -0.3 is 9.11 Å². The van der Waals surface area contributed by atoms with Gasteiger partial charge in [-0.3, -0.25) is 8.42 Å². The molecule has 0 aromatic heterocycles. The highest BCUT2D eigenvalue weighted by molar-refractivity contribution is 7.79. The zero-order chi connectivity index (χ0) is 17.1. The normalized spacial score (nSPS) is 13.4. The Labute approximate surface area is 144 Å². The van der Waals surface area contributed by atoms with E-state index in [1.54, 1.807) is 48.5 Å². The van der Waals surface area contributed by atoms with Gasteiger partial charge in [-0.05, 0) is 62.6 Å². The van der Waals surface area contributed by atoms with E-state index in [0.29, 0.717) is 5.56 Å². The molecule has 0 N–H and O–H groups in total. The van der Waals surface area contributed by atoms with Gasteiger partial charge >= 0.3 is 0 Å². The van der Waals surface area contributed by atoms with Crippen molar-refractivity contribution in [2.45, 2.75) is 9.79 Å². The third-order valence-electron chi connectivity index (χ3n) is 3.64. The van der Waals surface area contributed by atoms with Crippen LogP contribution in [0.1, 0.15) is 0 Å². The van der Waals surface area contributed by atoms with E-state index >= 15 is 0 Å². The minimum absolute atomic E-state index is 0.238. The van der Waals surface area contributed by atoms with Gasteiger partial charge in [0.15, 0.2) is 0 Å². The highest BCUT2D eigenvalue weighted by Crippen LogP contribution is 2.28. The molecule has 6 heteroatoms. The second-order valence-electron chi connectivity index (χ2n) is 5.07. The highest BCUT2D eigenvalue weighted by atomic mass is 32.2. The topological polar surface area (TPSA) is 80.3 Å². The van der Waals surface area contributed by atoms with E-state index in [-0.39, 0.29) is 9.79 Å². The van der Waals surface area contributed by atoms with Crippen LogP contribution in [0.15, 0.2) is 82.6 Å². The molecule has 0 radical (unpaired) electrons. The van der Waals surface area contributed by atoms with E-state index in [1.165, 1.54) is 0 Å². The van der Waals surface area contributed by atoms with E-state index < -0.39 is 22.2 Å². The molecular formula is C18H12O4S2-2. The van der Waals surface area contributed by atoms with Crippen LogP contribution in [-0.2, 0) is 22.2 Å². The van der Waals surface area contributed by atoms with Gasteiger partial charge in [0.1, 0.15) is 0 Å². The lowest BCUT2D eigenvalue weighted by molar-refractivity contribution is 0.535. The zero-order valence-electron chi connectivity index (χ0n) is 12.4. The molecule has 0 amide bonds. The first-order valence-electron chi connectivity index (χ1n) is 7.04. The Morgan fingerprint density at radius 2 is 1.08 bits per heavy atom. The maximum Gasteiger partial charge on any atom is 0.0327 e. The Balaban J connectivity index is 1.94. The van der Waals surface area contributed by atoms with Crippen LogP contribution in [0.25, 0.3) is 22.3 Å². The van der Waals surface area contributed by atoms with Crippen molar-refractivity contribution in [1.29, 1.82) is 0 Å².